The van der Waals surface area contributed by atoms with E-state index in [1.165, 1.54) is 0 Å². The fourth-order valence-corrected chi connectivity index (χ4v) is 7.24. The van der Waals surface area contributed by atoms with Crippen molar-refractivity contribution in [3.63, 3.8) is 0 Å². The van der Waals surface area contributed by atoms with E-state index >= 15 is 0 Å². The number of anilines is 2. The molecule has 10 heteroatoms. The highest BCUT2D eigenvalue weighted by atomic mass is 32.2. The Bertz CT molecular complexity index is 1990. The molecule has 5 aromatic rings. The van der Waals surface area contributed by atoms with Crippen LogP contribution in [0, 0.1) is 0 Å². The quantitative estimate of drug-likeness (QED) is 0.0626. The van der Waals surface area contributed by atoms with Gasteiger partial charge in [0.05, 0.1) is 37.3 Å². The maximum atomic E-state index is 12.6. The number of para-hydroxylation sites is 3. The molecule has 274 valence electrons. The zero-order valence-electron chi connectivity index (χ0n) is 29.7. The minimum Gasteiger partial charge on any atom is -0.496 e. The number of ether oxygens (including phenoxy) is 3. The molecule has 0 saturated carbocycles. The van der Waals surface area contributed by atoms with Crippen LogP contribution >= 0.6 is 11.8 Å². The largest absolute Gasteiger partial charge is 0.496 e. The number of methoxy groups -OCH3 is 1. The van der Waals surface area contributed by atoms with E-state index in [-0.39, 0.29) is 43.5 Å². The van der Waals surface area contributed by atoms with E-state index in [0.717, 1.165) is 49.8 Å². The molecule has 0 bridgehead atoms. The number of rotatable bonds is 15. The summed E-state index contributed by atoms with van der Waals surface area (Å²) in [5.41, 5.74) is 12.7. The maximum absolute atomic E-state index is 12.6. The van der Waals surface area contributed by atoms with E-state index in [4.69, 9.17) is 19.9 Å². The summed E-state index contributed by atoms with van der Waals surface area (Å²) in [6, 6.07) is 39.2. The summed E-state index contributed by atoms with van der Waals surface area (Å²) in [5.74, 6) is 1.26. The number of aliphatic hydroxyl groups is 1. The molecular weight excluding hydrogens is 687 g/mol. The molecule has 1 heterocycles. The topological polar surface area (TPSA) is 132 Å². The van der Waals surface area contributed by atoms with E-state index in [9.17, 15) is 14.7 Å². The molecule has 9 nitrogen and oxygen atoms in total. The van der Waals surface area contributed by atoms with Crippen LogP contribution in [0.4, 0.5) is 11.4 Å². The van der Waals surface area contributed by atoms with Crippen LogP contribution in [-0.2, 0) is 32.2 Å². The van der Waals surface area contributed by atoms with E-state index < -0.39 is 6.29 Å². The lowest BCUT2D eigenvalue weighted by Crippen LogP contribution is -2.31. The van der Waals surface area contributed by atoms with Gasteiger partial charge in [0.15, 0.2) is 6.29 Å². The number of hydrogen-bond donors (Lipinski definition) is 4. The van der Waals surface area contributed by atoms with Gasteiger partial charge in [-0.25, -0.2) is 0 Å². The lowest BCUT2D eigenvalue weighted by Gasteiger charge is -2.36. The van der Waals surface area contributed by atoms with Crippen LogP contribution < -0.4 is 21.1 Å². The van der Waals surface area contributed by atoms with Crippen molar-refractivity contribution in [2.75, 3.05) is 23.9 Å². The molecule has 1 saturated heterocycles. The van der Waals surface area contributed by atoms with E-state index in [0.29, 0.717) is 30.8 Å². The molecule has 5 aromatic carbocycles. The Labute approximate surface area is 314 Å². The normalized spacial score (nSPS) is 16.8. The van der Waals surface area contributed by atoms with Gasteiger partial charge in [0.1, 0.15) is 5.75 Å². The van der Waals surface area contributed by atoms with Gasteiger partial charge >= 0.3 is 0 Å². The molecule has 5 N–H and O–H groups in total. The third-order valence-electron chi connectivity index (χ3n) is 9.06. The fraction of sp³-hybridized carbons (Fsp3) is 0.256. The SMILES string of the molecule is COc1ccccc1SC[C@@H]1C[C@H](c2ccc(CO)cc2)O[C@H](c2cccc(-c3cccc(CNC(=O)CCCC(=O)Nc4ccccc4N)c3)c2)O1. The number of nitrogens with two attached hydrogens (primary N) is 1. The zero-order chi connectivity index (χ0) is 37.0. The highest BCUT2D eigenvalue weighted by Crippen LogP contribution is 2.41. The van der Waals surface area contributed by atoms with Gasteiger partial charge in [-0.15, -0.1) is 11.8 Å². The van der Waals surface area contributed by atoms with Crippen molar-refractivity contribution in [1.29, 1.82) is 0 Å². The van der Waals surface area contributed by atoms with Gasteiger partial charge < -0.3 is 35.7 Å². The number of aliphatic hydroxyl groups excluding tert-OH is 1. The van der Waals surface area contributed by atoms with Crippen LogP contribution in [0.1, 0.15) is 60.3 Å². The second-order valence-corrected chi connectivity index (χ2v) is 14.0. The Hall–Kier alpha value is -5.13. The molecule has 1 fully saturated rings. The Morgan fingerprint density at radius 1 is 0.811 bits per heavy atom. The Morgan fingerprint density at radius 2 is 1.55 bits per heavy atom. The molecule has 1 aliphatic heterocycles. The summed E-state index contributed by atoms with van der Waals surface area (Å²) in [7, 11) is 1.68. The predicted octanol–water partition coefficient (Wildman–Crippen LogP) is 8.20. The van der Waals surface area contributed by atoms with Crippen LogP contribution in [0.3, 0.4) is 0 Å². The highest BCUT2D eigenvalue weighted by Gasteiger charge is 2.32. The number of hydrogen-bond acceptors (Lipinski definition) is 8. The standard InChI is InChI=1S/C43H45N3O6S/c1-50-38-15-4-5-16-40(38)53-28-35-25-39(31-21-19-29(27-47)20-22-31)52-43(51-35)34-12-7-11-33(24-34)32-10-6-9-30(23-32)26-45-41(48)17-8-18-42(49)46-37-14-3-2-13-36(37)44/h2-7,9-16,19-24,35,39,43,47H,8,17-18,25-28,44H2,1H3,(H,45,48)(H,46,49)/t35-,39+,43+/m0/s1. The molecule has 0 aromatic heterocycles. The minimum absolute atomic E-state index is 0.0116. The van der Waals surface area contributed by atoms with E-state index in [2.05, 4.69) is 34.9 Å². The fourth-order valence-electron chi connectivity index (χ4n) is 6.19. The molecule has 0 aliphatic carbocycles. The molecule has 0 radical (unpaired) electrons. The Kier molecular flexibility index (Phi) is 13.2. The second kappa shape index (κ2) is 18.6. The lowest BCUT2D eigenvalue weighted by atomic mass is 9.99. The molecule has 53 heavy (non-hydrogen) atoms. The summed E-state index contributed by atoms with van der Waals surface area (Å²) < 4.78 is 18.8. The average Bonchev–Trinajstić information content (AvgIpc) is 3.20. The van der Waals surface area contributed by atoms with Gasteiger partial charge in [0.2, 0.25) is 11.8 Å². The smallest absolute Gasteiger partial charge is 0.224 e. The van der Waals surface area contributed by atoms with Crippen molar-refractivity contribution in [2.24, 2.45) is 0 Å². The van der Waals surface area contributed by atoms with Crippen molar-refractivity contribution >= 4 is 35.0 Å². The summed E-state index contributed by atoms with van der Waals surface area (Å²) in [5, 5.41) is 15.4. The summed E-state index contributed by atoms with van der Waals surface area (Å²) in [6.07, 6.45) is 0.685. The molecule has 0 unspecified atom stereocenters. The first-order valence-corrected chi connectivity index (χ1v) is 18.7. The second-order valence-electron chi connectivity index (χ2n) is 12.9. The molecule has 3 atom stereocenters. The van der Waals surface area contributed by atoms with Gasteiger partial charge in [-0.1, -0.05) is 84.9 Å². The first-order valence-electron chi connectivity index (χ1n) is 17.7. The Balaban J connectivity index is 1.09. The average molecular weight is 732 g/mol. The van der Waals surface area contributed by atoms with Crippen LogP contribution in [0.2, 0.25) is 0 Å². The van der Waals surface area contributed by atoms with Crippen molar-refractivity contribution < 1.29 is 28.9 Å². The molecule has 6 rings (SSSR count). The minimum atomic E-state index is -0.593. The van der Waals surface area contributed by atoms with Gasteiger partial charge in [-0.3, -0.25) is 9.59 Å². The summed E-state index contributed by atoms with van der Waals surface area (Å²) >= 11 is 1.70. The lowest BCUT2D eigenvalue weighted by molar-refractivity contribution is -0.245. The first kappa shape index (κ1) is 37.6. The van der Waals surface area contributed by atoms with Crippen molar-refractivity contribution in [2.45, 2.75) is 62.2 Å². The number of nitrogen functional groups attached to an aromatic ring is 1. The number of benzene rings is 5. The van der Waals surface area contributed by atoms with Gasteiger partial charge in [0, 0.05) is 42.0 Å². The van der Waals surface area contributed by atoms with Gasteiger partial charge in [0.25, 0.3) is 0 Å². The highest BCUT2D eigenvalue weighted by molar-refractivity contribution is 7.99. The first-order chi connectivity index (χ1) is 25.9. The molecule has 2 amide bonds. The monoisotopic (exact) mass is 731 g/mol. The van der Waals surface area contributed by atoms with E-state index in [1.807, 2.05) is 78.9 Å². The van der Waals surface area contributed by atoms with Crippen LogP contribution in [0.25, 0.3) is 11.1 Å². The van der Waals surface area contributed by atoms with Crippen molar-refractivity contribution in [3.05, 3.63) is 144 Å². The molecule has 1 aliphatic rings. The maximum Gasteiger partial charge on any atom is 0.224 e. The third kappa shape index (κ3) is 10.5. The van der Waals surface area contributed by atoms with Gasteiger partial charge in [-0.2, -0.15) is 0 Å². The number of carbonyl (C=O) groups excluding carboxylic acids is 2. The number of carbonyl (C=O) groups is 2. The third-order valence-corrected chi connectivity index (χ3v) is 10.2. The predicted molar refractivity (Wildman–Crippen MR) is 209 cm³/mol. The van der Waals surface area contributed by atoms with Crippen LogP contribution in [-0.4, -0.2) is 35.9 Å². The van der Waals surface area contributed by atoms with Crippen LogP contribution in [0.15, 0.2) is 126 Å². The van der Waals surface area contributed by atoms with Crippen molar-refractivity contribution in [1.82, 2.24) is 5.32 Å². The van der Waals surface area contributed by atoms with Crippen molar-refractivity contribution in [3.8, 4) is 16.9 Å². The molecular formula is C43H45N3O6S. The van der Waals surface area contributed by atoms with E-state index in [1.54, 1.807) is 37.1 Å². The van der Waals surface area contributed by atoms with Gasteiger partial charge in [-0.05, 0) is 70.6 Å². The summed E-state index contributed by atoms with van der Waals surface area (Å²) in [6.45, 7) is 0.360. The number of thioether (sulfide) groups is 1. The number of amides is 2. The molecule has 0 spiro atoms. The van der Waals surface area contributed by atoms with Crippen LogP contribution in [0.5, 0.6) is 5.75 Å². The zero-order valence-corrected chi connectivity index (χ0v) is 30.5. The Morgan fingerprint density at radius 3 is 2.34 bits per heavy atom. The summed E-state index contributed by atoms with van der Waals surface area (Å²) in [4.78, 5) is 26.0. The number of nitrogens with one attached hydrogen (secondary N) is 2.